The van der Waals surface area contributed by atoms with Crippen molar-refractivity contribution in [3.05, 3.63) is 0 Å². The first kappa shape index (κ1) is 11.7. The second-order valence-corrected chi connectivity index (χ2v) is 2.29. The van der Waals surface area contributed by atoms with Gasteiger partial charge in [-0.1, -0.05) is 6.92 Å². The number of ether oxygens (including phenoxy) is 1. The quantitative estimate of drug-likeness (QED) is 0.342. The van der Waals surface area contributed by atoms with Gasteiger partial charge in [0.15, 0.2) is 0 Å². The molecule has 0 aliphatic heterocycles. The van der Waals surface area contributed by atoms with Gasteiger partial charge in [-0.15, -0.1) is 0 Å². The smallest absolute Gasteiger partial charge is 0.478 e. The monoisotopic (exact) mass is 194 g/mol. The van der Waals surface area contributed by atoms with Crippen LogP contribution in [0.5, 0.6) is 0 Å². The van der Waals surface area contributed by atoms with Gasteiger partial charge in [-0.2, -0.15) is 0 Å². The molecule has 0 rings (SSSR count). The zero-order valence-electron chi connectivity index (χ0n) is 6.80. The Balaban J connectivity index is 4.87. The first-order chi connectivity index (χ1) is 5.86. The Morgan fingerprint density at radius 2 is 1.85 bits per heavy atom. The summed E-state index contributed by atoms with van der Waals surface area (Å²) in [5.41, 5.74) is -2.51. The molecule has 0 saturated carbocycles. The number of aliphatic hydroxyl groups excluding tert-OH is 1. The molecule has 0 heterocycles. The van der Waals surface area contributed by atoms with Crippen LogP contribution in [0.15, 0.2) is 0 Å². The highest BCUT2D eigenvalue weighted by molar-refractivity contribution is 5.80. The van der Waals surface area contributed by atoms with Gasteiger partial charge in [0.25, 0.3) is 5.60 Å². The summed E-state index contributed by atoms with van der Waals surface area (Å²) in [5, 5.41) is 34.0. The van der Waals surface area contributed by atoms with Gasteiger partial charge < -0.3 is 25.2 Å². The molecule has 13 heavy (non-hydrogen) atoms. The number of aliphatic carboxylic acids is 1. The van der Waals surface area contributed by atoms with Gasteiger partial charge >= 0.3 is 12.1 Å². The minimum atomic E-state index is -2.51. The number of rotatable bonds is 4. The summed E-state index contributed by atoms with van der Waals surface area (Å²) in [6.45, 7) is 1.26. The van der Waals surface area contributed by atoms with Crippen LogP contribution in [0, 0.1) is 0 Å². The zero-order valence-corrected chi connectivity index (χ0v) is 6.80. The largest absolute Gasteiger partial charge is 0.507 e. The van der Waals surface area contributed by atoms with Crippen molar-refractivity contribution < 1.29 is 34.8 Å². The van der Waals surface area contributed by atoms with Gasteiger partial charge in [0.1, 0.15) is 0 Å². The molecule has 0 bridgehead atoms. The molecule has 0 fully saturated rings. The average molecular weight is 194 g/mol. The van der Waals surface area contributed by atoms with E-state index in [0.29, 0.717) is 0 Å². The Bertz CT molecular complexity index is 211. The molecule has 0 radical (unpaired) electrons. The van der Waals surface area contributed by atoms with Crippen LogP contribution in [0.25, 0.3) is 0 Å². The topological polar surface area (TPSA) is 124 Å². The lowest BCUT2D eigenvalue weighted by atomic mass is 10.0. The van der Waals surface area contributed by atoms with Crippen molar-refractivity contribution in [2.75, 3.05) is 0 Å². The van der Waals surface area contributed by atoms with Gasteiger partial charge in [0.05, 0.1) is 0 Å². The van der Waals surface area contributed by atoms with E-state index in [0.717, 1.165) is 0 Å². The molecule has 0 aromatic carbocycles. The summed E-state index contributed by atoms with van der Waals surface area (Å²) >= 11 is 0. The molecular formula is C6H10O7. The Morgan fingerprint density at radius 3 is 1.92 bits per heavy atom. The van der Waals surface area contributed by atoms with Crippen LogP contribution >= 0.6 is 0 Å². The molecule has 0 amide bonds. The van der Waals surface area contributed by atoms with Gasteiger partial charge in [0.2, 0.25) is 6.29 Å². The molecule has 7 nitrogen and oxygen atoms in total. The minimum absolute atomic E-state index is 0.383. The van der Waals surface area contributed by atoms with Crippen molar-refractivity contribution in [3.63, 3.8) is 0 Å². The van der Waals surface area contributed by atoms with E-state index in [4.69, 9.17) is 20.4 Å². The molecule has 4 N–H and O–H groups in total. The van der Waals surface area contributed by atoms with E-state index in [1.807, 2.05) is 0 Å². The minimum Gasteiger partial charge on any atom is -0.478 e. The van der Waals surface area contributed by atoms with Crippen molar-refractivity contribution in [1.29, 1.82) is 0 Å². The van der Waals surface area contributed by atoms with Crippen LogP contribution in [-0.4, -0.2) is 44.4 Å². The van der Waals surface area contributed by atoms with Crippen molar-refractivity contribution in [2.45, 2.75) is 25.2 Å². The van der Waals surface area contributed by atoms with Crippen LogP contribution < -0.4 is 0 Å². The fourth-order valence-electron chi connectivity index (χ4n) is 0.769. The average Bonchev–Trinajstić information content (AvgIpc) is 1.98. The Kier molecular flexibility index (Phi) is 3.64. The number of carbonyl (C=O) groups is 2. The van der Waals surface area contributed by atoms with Crippen molar-refractivity contribution in [3.8, 4) is 0 Å². The molecule has 1 atom stereocenters. The molecular weight excluding hydrogens is 184 g/mol. The molecule has 7 heteroatoms. The van der Waals surface area contributed by atoms with Crippen LogP contribution in [0.4, 0.5) is 4.79 Å². The predicted octanol–water partition coefficient (Wildman–Crippen LogP) is -0.775. The highest BCUT2D eigenvalue weighted by atomic mass is 16.7. The molecule has 76 valence electrons. The summed E-state index contributed by atoms with van der Waals surface area (Å²) in [7, 11) is 0. The fourth-order valence-corrected chi connectivity index (χ4v) is 0.769. The van der Waals surface area contributed by atoms with E-state index < -0.39 is 24.0 Å². The molecule has 1 unspecified atom stereocenters. The molecule has 0 aliphatic carbocycles. The third kappa shape index (κ3) is 2.30. The Morgan fingerprint density at radius 1 is 1.38 bits per heavy atom. The van der Waals surface area contributed by atoms with Gasteiger partial charge in [0, 0.05) is 6.42 Å². The Labute approximate surface area is 73.2 Å². The van der Waals surface area contributed by atoms with Crippen LogP contribution in [-0.2, 0) is 9.53 Å². The lowest BCUT2D eigenvalue weighted by Gasteiger charge is -2.27. The first-order valence-corrected chi connectivity index (χ1v) is 3.38. The zero-order chi connectivity index (χ0) is 10.6. The van der Waals surface area contributed by atoms with Gasteiger partial charge in [-0.05, 0) is 0 Å². The highest BCUT2D eigenvalue weighted by Crippen LogP contribution is 2.20. The second kappa shape index (κ2) is 4.06. The number of aliphatic hydroxyl groups is 2. The second-order valence-electron chi connectivity index (χ2n) is 2.29. The standard InChI is InChI=1S/C6H10O7/c1-2-6(3(7)8,4(9)10)13-5(11)12/h3,7-8H,2H2,1H3,(H,9,10)(H,11,12). The lowest BCUT2D eigenvalue weighted by molar-refractivity contribution is -0.210. The number of hydrogen-bond acceptors (Lipinski definition) is 5. The van der Waals surface area contributed by atoms with Crippen molar-refractivity contribution in [1.82, 2.24) is 0 Å². The first-order valence-electron chi connectivity index (χ1n) is 3.38. The maximum absolute atomic E-state index is 10.5. The van der Waals surface area contributed by atoms with E-state index in [1.54, 1.807) is 0 Å². The van der Waals surface area contributed by atoms with E-state index >= 15 is 0 Å². The molecule has 0 aliphatic rings. The molecule has 0 spiro atoms. The molecule has 0 aromatic rings. The predicted molar refractivity (Wildman–Crippen MR) is 38.0 cm³/mol. The third-order valence-corrected chi connectivity index (χ3v) is 1.57. The Hall–Kier alpha value is -1.34. The highest BCUT2D eigenvalue weighted by Gasteiger charge is 2.48. The number of carboxylic acid groups (broad SMARTS) is 2. The SMILES string of the molecule is CCC(OC(=O)O)(C(=O)O)C(O)O. The van der Waals surface area contributed by atoms with Crippen LogP contribution in [0.3, 0.4) is 0 Å². The van der Waals surface area contributed by atoms with E-state index in [9.17, 15) is 9.59 Å². The van der Waals surface area contributed by atoms with E-state index in [-0.39, 0.29) is 6.42 Å². The van der Waals surface area contributed by atoms with Gasteiger partial charge in [-0.3, -0.25) is 0 Å². The molecule has 0 aromatic heterocycles. The van der Waals surface area contributed by atoms with Crippen molar-refractivity contribution in [2.24, 2.45) is 0 Å². The van der Waals surface area contributed by atoms with E-state index in [1.165, 1.54) is 6.92 Å². The summed E-state index contributed by atoms with van der Waals surface area (Å²) in [4.78, 5) is 20.6. The number of carboxylic acids is 1. The third-order valence-electron chi connectivity index (χ3n) is 1.57. The maximum atomic E-state index is 10.5. The number of hydrogen-bond donors (Lipinski definition) is 4. The lowest BCUT2D eigenvalue weighted by Crippen LogP contribution is -2.52. The van der Waals surface area contributed by atoms with Crippen molar-refractivity contribution >= 4 is 12.1 Å². The normalized spacial score (nSPS) is 15.1. The van der Waals surface area contributed by atoms with Crippen LogP contribution in [0.1, 0.15) is 13.3 Å². The van der Waals surface area contributed by atoms with Gasteiger partial charge in [-0.25, -0.2) is 9.59 Å². The summed E-state index contributed by atoms with van der Waals surface area (Å²) in [5.74, 6) is -1.74. The summed E-state index contributed by atoms with van der Waals surface area (Å²) < 4.78 is 3.93. The summed E-state index contributed by atoms with van der Waals surface area (Å²) in [6.07, 6.45) is -4.66. The molecule has 0 saturated heterocycles. The van der Waals surface area contributed by atoms with E-state index in [2.05, 4.69) is 4.74 Å². The fraction of sp³-hybridized carbons (Fsp3) is 0.667. The van der Waals surface area contributed by atoms with Crippen LogP contribution in [0.2, 0.25) is 0 Å². The maximum Gasteiger partial charge on any atom is 0.507 e. The summed E-state index contributed by atoms with van der Waals surface area (Å²) in [6, 6.07) is 0.